The zero-order valence-corrected chi connectivity index (χ0v) is 11.3. The molecule has 2 atom stereocenters. The van der Waals surface area contributed by atoms with E-state index < -0.39 is 0 Å². The number of carbonyl (C=O) groups excluding carboxylic acids is 1. The van der Waals surface area contributed by atoms with Crippen LogP contribution in [0.4, 0.5) is 0 Å². The first kappa shape index (κ1) is 12.6. The summed E-state index contributed by atoms with van der Waals surface area (Å²) in [6, 6.07) is 8.36. The molecule has 0 aliphatic carbocycles. The quantitative estimate of drug-likeness (QED) is 0.897. The highest BCUT2D eigenvalue weighted by molar-refractivity contribution is 5.81. The SMILES string of the molecule is Cc1ccc(C2NCC(=O)N2CC2CCCO2)cc1. The fraction of sp³-hybridized carbons (Fsp3) is 0.533. The lowest BCUT2D eigenvalue weighted by Gasteiger charge is -2.27. The standard InChI is InChI=1S/C15H20N2O2/c1-11-4-6-12(7-5-11)15-16-9-14(18)17(15)10-13-3-2-8-19-13/h4-7,13,15-16H,2-3,8-10H2,1H3. The van der Waals surface area contributed by atoms with Crippen LogP contribution in [0.2, 0.25) is 0 Å². The molecule has 2 fully saturated rings. The summed E-state index contributed by atoms with van der Waals surface area (Å²) in [4.78, 5) is 13.9. The van der Waals surface area contributed by atoms with E-state index in [2.05, 4.69) is 36.5 Å². The number of aryl methyl sites for hydroxylation is 1. The Kier molecular flexibility index (Phi) is 3.53. The maximum atomic E-state index is 12.0. The van der Waals surface area contributed by atoms with Crippen molar-refractivity contribution in [1.29, 1.82) is 0 Å². The molecule has 2 unspecified atom stereocenters. The van der Waals surface area contributed by atoms with E-state index in [1.165, 1.54) is 5.56 Å². The van der Waals surface area contributed by atoms with Gasteiger partial charge in [0.25, 0.3) is 0 Å². The molecule has 1 amide bonds. The van der Waals surface area contributed by atoms with Crippen molar-refractivity contribution in [3.63, 3.8) is 0 Å². The van der Waals surface area contributed by atoms with Crippen LogP contribution in [-0.2, 0) is 9.53 Å². The van der Waals surface area contributed by atoms with Gasteiger partial charge in [0.2, 0.25) is 5.91 Å². The van der Waals surface area contributed by atoms with E-state index in [0.717, 1.165) is 25.0 Å². The van der Waals surface area contributed by atoms with Gasteiger partial charge < -0.3 is 9.64 Å². The Hall–Kier alpha value is -1.39. The molecule has 19 heavy (non-hydrogen) atoms. The zero-order chi connectivity index (χ0) is 13.2. The molecule has 1 N–H and O–H groups in total. The lowest BCUT2D eigenvalue weighted by molar-refractivity contribution is -0.129. The molecule has 0 radical (unpaired) electrons. The number of nitrogens with zero attached hydrogens (tertiary/aromatic N) is 1. The Bertz CT molecular complexity index is 452. The minimum Gasteiger partial charge on any atom is -0.376 e. The Morgan fingerprint density at radius 3 is 2.84 bits per heavy atom. The van der Waals surface area contributed by atoms with E-state index in [0.29, 0.717) is 13.1 Å². The van der Waals surface area contributed by atoms with Gasteiger partial charge in [-0.3, -0.25) is 10.1 Å². The van der Waals surface area contributed by atoms with E-state index in [4.69, 9.17) is 4.74 Å². The predicted molar refractivity (Wildman–Crippen MR) is 72.6 cm³/mol. The van der Waals surface area contributed by atoms with Gasteiger partial charge in [0, 0.05) is 13.2 Å². The molecule has 102 valence electrons. The van der Waals surface area contributed by atoms with Gasteiger partial charge in [0.05, 0.1) is 12.6 Å². The summed E-state index contributed by atoms with van der Waals surface area (Å²) < 4.78 is 5.64. The van der Waals surface area contributed by atoms with Crippen molar-refractivity contribution < 1.29 is 9.53 Å². The number of hydrogen-bond acceptors (Lipinski definition) is 3. The van der Waals surface area contributed by atoms with Crippen LogP contribution in [0.3, 0.4) is 0 Å². The van der Waals surface area contributed by atoms with Crippen LogP contribution in [0, 0.1) is 6.92 Å². The van der Waals surface area contributed by atoms with Crippen molar-refractivity contribution in [3.8, 4) is 0 Å². The van der Waals surface area contributed by atoms with Crippen LogP contribution in [0.1, 0.15) is 30.1 Å². The Morgan fingerprint density at radius 2 is 2.16 bits per heavy atom. The van der Waals surface area contributed by atoms with Gasteiger partial charge in [-0.25, -0.2) is 0 Å². The van der Waals surface area contributed by atoms with Crippen LogP contribution < -0.4 is 5.32 Å². The number of benzene rings is 1. The van der Waals surface area contributed by atoms with E-state index in [1.807, 2.05) is 4.90 Å². The molecule has 0 bridgehead atoms. The molecule has 2 saturated heterocycles. The topological polar surface area (TPSA) is 41.6 Å². The highest BCUT2D eigenvalue weighted by Crippen LogP contribution is 2.25. The van der Waals surface area contributed by atoms with Crippen molar-refractivity contribution in [3.05, 3.63) is 35.4 Å². The molecule has 1 aromatic rings. The fourth-order valence-corrected chi connectivity index (χ4v) is 2.80. The molecule has 0 aromatic heterocycles. The van der Waals surface area contributed by atoms with Gasteiger partial charge in [-0.15, -0.1) is 0 Å². The number of hydrogen-bond donors (Lipinski definition) is 1. The monoisotopic (exact) mass is 260 g/mol. The number of nitrogens with one attached hydrogen (secondary N) is 1. The lowest BCUT2D eigenvalue weighted by atomic mass is 10.1. The highest BCUT2D eigenvalue weighted by atomic mass is 16.5. The summed E-state index contributed by atoms with van der Waals surface area (Å²) in [6.45, 7) is 4.02. The Labute approximate surface area is 113 Å². The smallest absolute Gasteiger partial charge is 0.238 e. The van der Waals surface area contributed by atoms with Crippen LogP contribution in [0.5, 0.6) is 0 Å². The summed E-state index contributed by atoms with van der Waals surface area (Å²) in [5, 5.41) is 3.29. The third-order valence-corrected chi connectivity index (χ3v) is 3.90. The number of amides is 1. The molecule has 4 nitrogen and oxygen atoms in total. The second-order valence-electron chi connectivity index (χ2n) is 5.38. The Morgan fingerprint density at radius 1 is 1.37 bits per heavy atom. The van der Waals surface area contributed by atoms with Gasteiger partial charge in [0.1, 0.15) is 6.17 Å². The summed E-state index contributed by atoms with van der Waals surface area (Å²) in [6.07, 6.45) is 2.37. The number of rotatable bonds is 3. The molecule has 2 aliphatic heterocycles. The first-order valence-electron chi connectivity index (χ1n) is 6.95. The summed E-state index contributed by atoms with van der Waals surface area (Å²) in [7, 11) is 0. The Balaban J connectivity index is 1.75. The molecule has 0 spiro atoms. The number of ether oxygens (including phenoxy) is 1. The van der Waals surface area contributed by atoms with Crippen molar-refractivity contribution >= 4 is 5.91 Å². The van der Waals surface area contributed by atoms with Crippen LogP contribution in [-0.4, -0.2) is 36.6 Å². The van der Waals surface area contributed by atoms with Crippen LogP contribution in [0.15, 0.2) is 24.3 Å². The second kappa shape index (κ2) is 5.31. The fourth-order valence-electron chi connectivity index (χ4n) is 2.80. The molecule has 1 aromatic carbocycles. The van der Waals surface area contributed by atoms with E-state index in [9.17, 15) is 4.79 Å². The van der Waals surface area contributed by atoms with Gasteiger partial charge in [0.15, 0.2) is 0 Å². The lowest BCUT2D eigenvalue weighted by Crippen LogP contribution is -2.36. The zero-order valence-electron chi connectivity index (χ0n) is 11.3. The average molecular weight is 260 g/mol. The maximum Gasteiger partial charge on any atom is 0.238 e. The molecule has 0 saturated carbocycles. The molecule has 4 heteroatoms. The third kappa shape index (κ3) is 2.65. The van der Waals surface area contributed by atoms with Crippen LogP contribution in [0.25, 0.3) is 0 Å². The molecular formula is C15H20N2O2. The van der Waals surface area contributed by atoms with E-state index in [-0.39, 0.29) is 18.2 Å². The van der Waals surface area contributed by atoms with Gasteiger partial charge in [-0.05, 0) is 25.3 Å². The van der Waals surface area contributed by atoms with Gasteiger partial charge in [-0.2, -0.15) is 0 Å². The first-order valence-corrected chi connectivity index (χ1v) is 6.95. The summed E-state index contributed by atoms with van der Waals surface area (Å²) in [5.41, 5.74) is 2.38. The minimum absolute atomic E-state index is 0.00250. The normalized spacial score (nSPS) is 27.2. The van der Waals surface area contributed by atoms with Crippen LogP contribution >= 0.6 is 0 Å². The predicted octanol–water partition coefficient (Wildman–Crippen LogP) is 1.60. The molecule has 3 rings (SSSR count). The molecule has 2 aliphatic rings. The van der Waals surface area contributed by atoms with E-state index >= 15 is 0 Å². The first-order chi connectivity index (χ1) is 9.24. The van der Waals surface area contributed by atoms with Gasteiger partial charge >= 0.3 is 0 Å². The maximum absolute atomic E-state index is 12.0. The van der Waals surface area contributed by atoms with E-state index in [1.54, 1.807) is 0 Å². The third-order valence-electron chi connectivity index (χ3n) is 3.90. The van der Waals surface area contributed by atoms with Crippen molar-refractivity contribution in [1.82, 2.24) is 10.2 Å². The second-order valence-corrected chi connectivity index (χ2v) is 5.38. The molecule has 2 heterocycles. The van der Waals surface area contributed by atoms with Crippen molar-refractivity contribution in [2.75, 3.05) is 19.7 Å². The minimum atomic E-state index is -0.00250. The van der Waals surface area contributed by atoms with Crippen molar-refractivity contribution in [2.24, 2.45) is 0 Å². The largest absolute Gasteiger partial charge is 0.376 e. The molecular weight excluding hydrogens is 240 g/mol. The van der Waals surface area contributed by atoms with Crippen molar-refractivity contribution in [2.45, 2.75) is 32.0 Å². The number of carbonyl (C=O) groups is 1. The van der Waals surface area contributed by atoms with Gasteiger partial charge in [-0.1, -0.05) is 29.8 Å². The summed E-state index contributed by atoms with van der Waals surface area (Å²) >= 11 is 0. The summed E-state index contributed by atoms with van der Waals surface area (Å²) in [5.74, 6) is 0.168. The highest BCUT2D eigenvalue weighted by Gasteiger charge is 2.34. The average Bonchev–Trinajstić information content (AvgIpc) is 3.03.